The van der Waals surface area contributed by atoms with Gasteiger partial charge in [0.1, 0.15) is 5.69 Å². The van der Waals surface area contributed by atoms with Gasteiger partial charge in [-0.05, 0) is 42.0 Å². The van der Waals surface area contributed by atoms with Crippen molar-refractivity contribution in [2.45, 2.75) is 19.4 Å². The molecule has 1 atom stereocenters. The molecule has 4 aromatic rings. The molecular formula is C22H18N2O4. The molecule has 28 heavy (non-hydrogen) atoms. The Bertz CT molecular complexity index is 1170. The standard InChI is InChI=1S/C22H18N2O4/c1-14(22(26)23-17-11-10-15-6-2-3-7-16(15)12-17)27-21(25)13-19-18-8-4-5-9-20(18)28-24-19/h2-12,14H,13H2,1H3,(H,23,26)/t14-/m0/s1. The number of esters is 1. The highest BCUT2D eigenvalue weighted by atomic mass is 16.5. The fourth-order valence-electron chi connectivity index (χ4n) is 3.01. The minimum absolute atomic E-state index is 0.0649. The highest BCUT2D eigenvalue weighted by molar-refractivity contribution is 5.97. The van der Waals surface area contributed by atoms with Gasteiger partial charge in [0.2, 0.25) is 0 Å². The second-order valence-electron chi connectivity index (χ2n) is 6.49. The van der Waals surface area contributed by atoms with Crippen LogP contribution in [0.25, 0.3) is 21.7 Å². The number of anilines is 1. The van der Waals surface area contributed by atoms with E-state index < -0.39 is 18.0 Å². The van der Waals surface area contributed by atoms with E-state index >= 15 is 0 Å². The maximum absolute atomic E-state index is 12.4. The molecular weight excluding hydrogens is 356 g/mol. The van der Waals surface area contributed by atoms with Crippen molar-refractivity contribution < 1.29 is 18.8 Å². The molecule has 0 unspecified atom stereocenters. The second kappa shape index (κ2) is 7.52. The Kier molecular flexibility index (Phi) is 4.76. The normalized spacial score (nSPS) is 12.0. The number of hydrogen-bond donors (Lipinski definition) is 1. The number of nitrogens with zero attached hydrogens (tertiary/aromatic N) is 1. The summed E-state index contributed by atoms with van der Waals surface area (Å²) >= 11 is 0. The molecule has 0 saturated carbocycles. The maximum atomic E-state index is 12.4. The van der Waals surface area contributed by atoms with E-state index in [1.54, 1.807) is 6.07 Å². The lowest BCUT2D eigenvalue weighted by Gasteiger charge is -2.13. The number of aromatic nitrogens is 1. The molecule has 1 amide bonds. The number of benzene rings is 3. The quantitative estimate of drug-likeness (QED) is 0.532. The van der Waals surface area contributed by atoms with Gasteiger partial charge in [-0.15, -0.1) is 0 Å². The van der Waals surface area contributed by atoms with Crippen molar-refractivity contribution in [3.63, 3.8) is 0 Å². The summed E-state index contributed by atoms with van der Waals surface area (Å²) < 4.78 is 10.4. The minimum atomic E-state index is -0.933. The van der Waals surface area contributed by atoms with Gasteiger partial charge in [-0.25, -0.2) is 0 Å². The fourth-order valence-corrected chi connectivity index (χ4v) is 3.01. The van der Waals surface area contributed by atoms with Crippen LogP contribution in [-0.4, -0.2) is 23.1 Å². The number of rotatable bonds is 5. The number of para-hydroxylation sites is 1. The van der Waals surface area contributed by atoms with Crippen molar-refractivity contribution in [2.24, 2.45) is 0 Å². The predicted octanol–water partition coefficient (Wildman–Crippen LogP) is 4.09. The molecule has 0 saturated heterocycles. The molecule has 0 aliphatic heterocycles. The molecule has 0 bridgehead atoms. The predicted molar refractivity (Wildman–Crippen MR) is 106 cm³/mol. The SMILES string of the molecule is C[C@H](OC(=O)Cc1noc2ccccc12)C(=O)Nc1ccc2ccccc2c1. The molecule has 1 N–H and O–H groups in total. The lowest BCUT2D eigenvalue weighted by molar-refractivity contribution is -0.152. The minimum Gasteiger partial charge on any atom is -0.452 e. The third kappa shape index (κ3) is 3.71. The second-order valence-corrected chi connectivity index (χ2v) is 6.49. The first-order valence-electron chi connectivity index (χ1n) is 8.92. The molecule has 140 valence electrons. The van der Waals surface area contributed by atoms with Crippen LogP contribution >= 0.6 is 0 Å². The van der Waals surface area contributed by atoms with Crippen molar-refractivity contribution >= 4 is 39.3 Å². The van der Waals surface area contributed by atoms with Gasteiger partial charge in [-0.2, -0.15) is 0 Å². The van der Waals surface area contributed by atoms with Gasteiger partial charge in [-0.3, -0.25) is 9.59 Å². The Balaban J connectivity index is 1.38. The first-order chi connectivity index (χ1) is 13.6. The molecule has 0 radical (unpaired) electrons. The largest absolute Gasteiger partial charge is 0.452 e. The third-order valence-electron chi connectivity index (χ3n) is 4.46. The Morgan fingerprint density at radius 2 is 1.79 bits per heavy atom. The van der Waals surface area contributed by atoms with Gasteiger partial charge < -0.3 is 14.6 Å². The number of fused-ring (bicyclic) bond motifs is 2. The van der Waals surface area contributed by atoms with Gasteiger partial charge in [0.15, 0.2) is 11.7 Å². The van der Waals surface area contributed by atoms with E-state index in [2.05, 4.69) is 10.5 Å². The fraction of sp³-hybridized carbons (Fsp3) is 0.136. The van der Waals surface area contributed by atoms with Gasteiger partial charge in [-0.1, -0.05) is 47.6 Å². The van der Waals surface area contributed by atoms with Crippen LogP contribution in [0, 0.1) is 0 Å². The van der Waals surface area contributed by atoms with E-state index in [-0.39, 0.29) is 6.42 Å². The van der Waals surface area contributed by atoms with E-state index in [0.717, 1.165) is 16.2 Å². The zero-order valence-electron chi connectivity index (χ0n) is 15.2. The Morgan fingerprint density at radius 1 is 1.04 bits per heavy atom. The Morgan fingerprint density at radius 3 is 2.64 bits per heavy atom. The average molecular weight is 374 g/mol. The lowest BCUT2D eigenvalue weighted by atomic mass is 10.1. The molecule has 1 heterocycles. The highest BCUT2D eigenvalue weighted by Gasteiger charge is 2.20. The summed E-state index contributed by atoms with van der Waals surface area (Å²) in [4.78, 5) is 24.6. The van der Waals surface area contributed by atoms with Crippen LogP contribution in [0.5, 0.6) is 0 Å². The average Bonchev–Trinajstić information content (AvgIpc) is 3.10. The zero-order valence-corrected chi connectivity index (χ0v) is 15.2. The molecule has 0 aliphatic rings. The van der Waals surface area contributed by atoms with Crippen molar-refractivity contribution in [3.05, 3.63) is 72.4 Å². The number of hydrogen-bond acceptors (Lipinski definition) is 5. The van der Waals surface area contributed by atoms with E-state index in [4.69, 9.17) is 9.26 Å². The molecule has 6 nitrogen and oxygen atoms in total. The smallest absolute Gasteiger partial charge is 0.312 e. The van der Waals surface area contributed by atoms with Crippen molar-refractivity contribution in [2.75, 3.05) is 5.32 Å². The van der Waals surface area contributed by atoms with Crippen LogP contribution in [0.1, 0.15) is 12.6 Å². The third-order valence-corrected chi connectivity index (χ3v) is 4.46. The molecule has 0 fully saturated rings. The van der Waals surface area contributed by atoms with Crippen LogP contribution < -0.4 is 5.32 Å². The van der Waals surface area contributed by atoms with Crippen LogP contribution in [0.2, 0.25) is 0 Å². The summed E-state index contributed by atoms with van der Waals surface area (Å²) in [7, 11) is 0. The summed E-state index contributed by atoms with van der Waals surface area (Å²) in [6.45, 7) is 1.54. The highest BCUT2D eigenvalue weighted by Crippen LogP contribution is 2.20. The van der Waals surface area contributed by atoms with E-state index in [0.29, 0.717) is 17.0 Å². The molecule has 0 aliphatic carbocycles. The van der Waals surface area contributed by atoms with Crippen LogP contribution in [0.4, 0.5) is 5.69 Å². The number of carbonyl (C=O) groups excluding carboxylic acids is 2. The van der Waals surface area contributed by atoms with Crippen molar-refractivity contribution in [1.82, 2.24) is 5.16 Å². The first-order valence-corrected chi connectivity index (χ1v) is 8.92. The van der Waals surface area contributed by atoms with Crippen molar-refractivity contribution in [1.29, 1.82) is 0 Å². The molecule has 6 heteroatoms. The topological polar surface area (TPSA) is 81.4 Å². The first kappa shape index (κ1) is 17.7. The Labute approximate surface area is 161 Å². The number of amides is 1. The van der Waals surface area contributed by atoms with E-state index in [9.17, 15) is 9.59 Å². The monoisotopic (exact) mass is 374 g/mol. The van der Waals surface area contributed by atoms with Gasteiger partial charge in [0.25, 0.3) is 5.91 Å². The van der Waals surface area contributed by atoms with Gasteiger partial charge >= 0.3 is 5.97 Å². The number of carbonyl (C=O) groups is 2. The lowest BCUT2D eigenvalue weighted by Crippen LogP contribution is -2.30. The zero-order chi connectivity index (χ0) is 19.5. The van der Waals surface area contributed by atoms with Crippen LogP contribution in [-0.2, 0) is 20.7 Å². The van der Waals surface area contributed by atoms with E-state index in [1.807, 2.05) is 60.7 Å². The van der Waals surface area contributed by atoms with Gasteiger partial charge in [0, 0.05) is 11.1 Å². The summed E-state index contributed by atoms with van der Waals surface area (Å²) in [6.07, 6.45) is -0.998. The molecule has 4 rings (SSSR count). The molecule has 3 aromatic carbocycles. The summed E-state index contributed by atoms with van der Waals surface area (Å²) in [5, 5.41) is 9.54. The Hall–Kier alpha value is -3.67. The van der Waals surface area contributed by atoms with Gasteiger partial charge in [0.05, 0.1) is 6.42 Å². The maximum Gasteiger partial charge on any atom is 0.312 e. The van der Waals surface area contributed by atoms with Crippen LogP contribution in [0.3, 0.4) is 0 Å². The van der Waals surface area contributed by atoms with Crippen LogP contribution in [0.15, 0.2) is 71.3 Å². The summed E-state index contributed by atoms with van der Waals surface area (Å²) in [5.41, 5.74) is 1.74. The molecule has 0 spiro atoms. The van der Waals surface area contributed by atoms with E-state index in [1.165, 1.54) is 6.92 Å². The number of nitrogens with one attached hydrogen (secondary N) is 1. The summed E-state index contributed by atoms with van der Waals surface area (Å²) in [5.74, 6) is -0.936. The van der Waals surface area contributed by atoms with Crippen molar-refractivity contribution in [3.8, 4) is 0 Å². The molecule has 1 aromatic heterocycles. The number of ether oxygens (including phenoxy) is 1. The summed E-state index contributed by atoms with van der Waals surface area (Å²) in [6, 6.07) is 20.8.